The van der Waals surface area contributed by atoms with Crippen molar-refractivity contribution in [1.82, 2.24) is 0 Å². The Bertz CT molecular complexity index is 493. The third-order valence-corrected chi connectivity index (χ3v) is 2.15. The lowest BCUT2D eigenvalue weighted by Gasteiger charge is -2.01. The third-order valence-electron chi connectivity index (χ3n) is 2.15. The standard InChI is InChI=1S/C6H6BFO2.C6H7BO3/c8-6-3-1-5(2-4-6)7(9)10;8-7(9)10-6-4-2-1-3-5-6/h1-4,9-10H;1-5,8-9H. The zero-order valence-corrected chi connectivity index (χ0v) is 10.4. The number of para-hydroxylation sites is 1. The van der Waals surface area contributed by atoms with Gasteiger partial charge in [-0.1, -0.05) is 30.3 Å². The Balaban J connectivity index is 0.000000200. The van der Waals surface area contributed by atoms with E-state index >= 15 is 0 Å². The van der Waals surface area contributed by atoms with E-state index in [1.807, 2.05) is 6.07 Å². The quantitative estimate of drug-likeness (QED) is 0.570. The van der Waals surface area contributed by atoms with Gasteiger partial charge in [-0.3, -0.25) is 0 Å². The first kappa shape index (κ1) is 16.2. The fourth-order valence-corrected chi connectivity index (χ4v) is 1.26. The van der Waals surface area contributed by atoms with Crippen LogP contribution in [0.5, 0.6) is 5.75 Å². The fraction of sp³-hybridized carbons (Fsp3) is 0. The summed E-state index contributed by atoms with van der Waals surface area (Å²) in [5.41, 5.74) is 0.293. The number of hydrogen-bond donors (Lipinski definition) is 4. The highest BCUT2D eigenvalue weighted by Crippen LogP contribution is 2.07. The molecule has 0 saturated heterocycles. The monoisotopic (exact) mass is 278 g/mol. The highest BCUT2D eigenvalue weighted by Gasteiger charge is 2.09. The normalized spacial score (nSPS) is 9.25. The molecule has 20 heavy (non-hydrogen) atoms. The molecule has 0 aromatic heterocycles. The molecule has 4 N–H and O–H groups in total. The summed E-state index contributed by atoms with van der Waals surface area (Å²) >= 11 is 0. The maximum absolute atomic E-state index is 12.2. The lowest BCUT2D eigenvalue weighted by atomic mass is 9.80. The maximum atomic E-state index is 12.2. The van der Waals surface area contributed by atoms with Crippen LogP contribution in [0.3, 0.4) is 0 Å². The predicted octanol–water partition coefficient (Wildman–Crippen LogP) is -0.460. The Kier molecular flexibility index (Phi) is 6.75. The predicted molar refractivity (Wildman–Crippen MR) is 73.5 cm³/mol. The molecule has 0 saturated carbocycles. The van der Waals surface area contributed by atoms with Crippen LogP contribution in [0.15, 0.2) is 54.6 Å². The first-order valence-corrected chi connectivity index (χ1v) is 5.68. The van der Waals surface area contributed by atoms with Crippen LogP contribution in [0.4, 0.5) is 4.39 Å². The van der Waals surface area contributed by atoms with Gasteiger partial charge in [0, 0.05) is 0 Å². The van der Waals surface area contributed by atoms with Gasteiger partial charge in [-0.25, -0.2) is 4.39 Å². The fourth-order valence-electron chi connectivity index (χ4n) is 1.26. The molecule has 0 radical (unpaired) electrons. The van der Waals surface area contributed by atoms with E-state index in [4.69, 9.17) is 20.1 Å². The van der Waals surface area contributed by atoms with Gasteiger partial charge in [0.15, 0.2) is 0 Å². The van der Waals surface area contributed by atoms with Gasteiger partial charge in [0.25, 0.3) is 0 Å². The summed E-state index contributed by atoms with van der Waals surface area (Å²) < 4.78 is 16.7. The zero-order chi connectivity index (χ0) is 15.0. The summed E-state index contributed by atoms with van der Waals surface area (Å²) in [5, 5.41) is 33.8. The minimum atomic E-state index is -1.73. The molecule has 0 aliphatic carbocycles. The van der Waals surface area contributed by atoms with E-state index in [-0.39, 0.29) is 5.82 Å². The van der Waals surface area contributed by atoms with Crippen molar-refractivity contribution in [2.45, 2.75) is 0 Å². The molecule has 0 heterocycles. The van der Waals surface area contributed by atoms with E-state index in [0.29, 0.717) is 11.2 Å². The van der Waals surface area contributed by atoms with Crippen LogP contribution < -0.4 is 10.1 Å². The lowest BCUT2D eigenvalue weighted by Crippen LogP contribution is -2.29. The van der Waals surface area contributed by atoms with Crippen LogP contribution in [0.1, 0.15) is 0 Å². The van der Waals surface area contributed by atoms with Crippen molar-refractivity contribution in [3.63, 3.8) is 0 Å². The van der Waals surface area contributed by atoms with Gasteiger partial charge in [-0.05, 0) is 29.7 Å². The van der Waals surface area contributed by atoms with Crippen molar-refractivity contribution in [2.75, 3.05) is 0 Å². The van der Waals surface area contributed by atoms with Crippen molar-refractivity contribution in [2.24, 2.45) is 0 Å². The van der Waals surface area contributed by atoms with Gasteiger partial charge in [-0.15, -0.1) is 0 Å². The van der Waals surface area contributed by atoms with Crippen LogP contribution in [0, 0.1) is 5.82 Å². The van der Waals surface area contributed by atoms with E-state index in [0.717, 1.165) is 0 Å². The summed E-state index contributed by atoms with van der Waals surface area (Å²) in [6, 6.07) is 13.6. The highest BCUT2D eigenvalue weighted by atomic mass is 19.1. The van der Waals surface area contributed by atoms with Crippen LogP contribution in [0.25, 0.3) is 0 Å². The molecule has 5 nitrogen and oxygen atoms in total. The Morgan fingerprint density at radius 3 is 1.80 bits per heavy atom. The van der Waals surface area contributed by atoms with Crippen LogP contribution >= 0.6 is 0 Å². The molecule has 0 amide bonds. The molecule has 0 aliphatic rings. The Labute approximate surface area is 116 Å². The van der Waals surface area contributed by atoms with E-state index in [9.17, 15) is 4.39 Å². The largest absolute Gasteiger partial charge is 0.707 e. The molecule has 0 bridgehead atoms. The van der Waals surface area contributed by atoms with Gasteiger partial charge < -0.3 is 24.8 Å². The average Bonchev–Trinajstić information content (AvgIpc) is 2.40. The lowest BCUT2D eigenvalue weighted by molar-refractivity contribution is 0.288. The summed E-state index contributed by atoms with van der Waals surface area (Å²) in [6.07, 6.45) is 0. The molecule has 2 aromatic carbocycles. The van der Waals surface area contributed by atoms with Crippen molar-refractivity contribution < 1.29 is 29.1 Å². The minimum Gasteiger partial charge on any atom is -0.512 e. The number of halogens is 1. The van der Waals surface area contributed by atoms with E-state index in [1.165, 1.54) is 24.3 Å². The van der Waals surface area contributed by atoms with E-state index in [2.05, 4.69) is 4.65 Å². The summed E-state index contributed by atoms with van der Waals surface area (Å²) in [6.45, 7) is 0. The number of benzene rings is 2. The van der Waals surface area contributed by atoms with Gasteiger partial charge in [0.1, 0.15) is 11.6 Å². The van der Waals surface area contributed by atoms with Crippen LogP contribution in [0.2, 0.25) is 0 Å². The zero-order valence-electron chi connectivity index (χ0n) is 10.4. The summed E-state index contributed by atoms with van der Waals surface area (Å²) in [7, 11) is -3.25. The van der Waals surface area contributed by atoms with Crippen LogP contribution in [-0.4, -0.2) is 34.5 Å². The molecule has 8 heteroatoms. The maximum Gasteiger partial charge on any atom is 0.707 e. The molecule has 0 spiro atoms. The molecule has 2 rings (SSSR count). The van der Waals surface area contributed by atoms with Gasteiger partial charge in [0.05, 0.1) is 0 Å². The van der Waals surface area contributed by atoms with E-state index in [1.54, 1.807) is 24.3 Å². The van der Waals surface area contributed by atoms with Crippen LogP contribution in [-0.2, 0) is 0 Å². The van der Waals surface area contributed by atoms with Crippen molar-refractivity contribution in [1.29, 1.82) is 0 Å². The highest BCUT2D eigenvalue weighted by molar-refractivity contribution is 6.58. The smallest absolute Gasteiger partial charge is 0.512 e. The molecule has 0 atom stereocenters. The first-order valence-electron chi connectivity index (χ1n) is 5.68. The minimum absolute atomic E-state index is 0.293. The van der Waals surface area contributed by atoms with Crippen molar-refractivity contribution in [3.8, 4) is 5.75 Å². The van der Waals surface area contributed by atoms with E-state index < -0.39 is 14.4 Å². The van der Waals surface area contributed by atoms with Gasteiger partial charge in [0.2, 0.25) is 0 Å². The second-order valence-electron chi connectivity index (χ2n) is 3.68. The Morgan fingerprint density at radius 1 is 0.800 bits per heavy atom. The summed E-state index contributed by atoms with van der Waals surface area (Å²) in [4.78, 5) is 0. The topological polar surface area (TPSA) is 90.2 Å². The second kappa shape index (κ2) is 8.34. The van der Waals surface area contributed by atoms with Crippen molar-refractivity contribution >= 4 is 19.9 Å². The van der Waals surface area contributed by atoms with Crippen molar-refractivity contribution in [3.05, 3.63) is 60.4 Å². The molecular weight excluding hydrogens is 265 g/mol. The number of hydrogen-bond acceptors (Lipinski definition) is 5. The second-order valence-corrected chi connectivity index (χ2v) is 3.68. The Morgan fingerprint density at radius 2 is 1.35 bits per heavy atom. The average molecular weight is 278 g/mol. The third kappa shape index (κ3) is 6.35. The number of rotatable bonds is 3. The molecular formula is C12H13B2FO5. The first-order chi connectivity index (χ1) is 9.49. The molecule has 104 valence electrons. The molecule has 2 aromatic rings. The molecule has 0 aliphatic heterocycles. The molecule has 0 fully saturated rings. The molecule has 0 unspecified atom stereocenters. The van der Waals surface area contributed by atoms with Gasteiger partial charge >= 0.3 is 14.4 Å². The Hall–Kier alpha value is -1.86. The van der Waals surface area contributed by atoms with Gasteiger partial charge in [-0.2, -0.15) is 0 Å². The SMILES string of the molecule is OB(O)Oc1ccccc1.OB(O)c1ccc(F)cc1. The summed E-state index contributed by atoms with van der Waals surface area (Å²) in [5.74, 6) is 0.0573.